The van der Waals surface area contributed by atoms with Gasteiger partial charge in [0.1, 0.15) is 0 Å². The largest absolute Gasteiger partial charge is 0.379 e. The molecule has 0 unspecified atom stereocenters. The van der Waals surface area contributed by atoms with Crippen LogP contribution in [0.3, 0.4) is 0 Å². The first-order valence-corrected chi connectivity index (χ1v) is 10.8. The van der Waals surface area contributed by atoms with Crippen molar-refractivity contribution in [3.63, 3.8) is 0 Å². The molecule has 1 saturated heterocycles. The second kappa shape index (κ2) is 9.29. The lowest BCUT2D eigenvalue weighted by Gasteiger charge is -2.29. The second-order valence-corrected chi connectivity index (χ2v) is 10.1. The molecule has 1 aromatic carbocycles. The molecule has 152 valence electrons. The van der Waals surface area contributed by atoms with Crippen LogP contribution >= 0.6 is 12.2 Å². The molecule has 0 spiro atoms. The van der Waals surface area contributed by atoms with Crippen molar-refractivity contribution in [3.8, 4) is 0 Å². The Bertz CT molecular complexity index is 727. The summed E-state index contributed by atoms with van der Waals surface area (Å²) in [5.74, 6) is 0. The Hall–Kier alpha value is -1.26. The third-order valence-electron chi connectivity index (χ3n) is 4.19. The van der Waals surface area contributed by atoms with Gasteiger partial charge in [-0.3, -0.25) is 0 Å². The Morgan fingerprint density at radius 3 is 2.37 bits per heavy atom. The molecule has 0 aliphatic carbocycles. The standard InChI is InChI=1S/C18H30N4O3S2/c1-18(2,14-21(3)4)13-19-17(26)20-15-5-7-16(8-6-15)27(23,24)22-9-11-25-12-10-22/h5-8H,9-14H2,1-4H3,(H2,19,20,26). The molecule has 2 N–H and O–H groups in total. The molecule has 27 heavy (non-hydrogen) atoms. The lowest BCUT2D eigenvalue weighted by Crippen LogP contribution is -2.41. The molecule has 1 aliphatic heterocycles. The first kappa shape index (κ1) is 22.0. The molecule has 0 atom stereocenters. The summed E-state index contributed by atoms with van der Waals surface area (Å²) in [5, 5.41) is 6.85. The second-order valence-electron chi connectivity index (χ2n) is 7.75. The molecule has 7 nitrogen and oxygen atoms in total. The van der Waals surface area contributed by atoms with E-state index in [9.17, 15) is 8.42 Å². The summed E-state index contributed by atoms with van der Waals surface area (Å²) in [4.78, 5) is 2.42. The summed E-state index contributed by atoms with van der Waals surface area (Å²) in [5.41, 5.74) is 0.824. The zero-order valence-electron chi connectivity index (χ0n) is 16.5. The Kier molecular flexibility index (Phi) is 7.58. The molecule has 0 radical (unpaired) electrons. The highest BCUT2D eigenvalue weighted by molar-refractivity contribution is 7.89. The number of anilines is 1. The highest BCUT2D eigenvalue weighted by Gasteiger charge is 2.26. The van der Waals surface area contributed by atoms with Crippen molar-refractivity contribution in [1.82, 2.24) is 14.5 Å². The van der Waals surface area contributed by atoms with Gasteiger partial charge in [-0.25, -0.2) is 8.42 Å². The van der Waals surface area contributed by atoms with E-state index in [0.29, 0.717) is 31.4 Å². The minimum atomic E-state index is -3.48. The highest BCUT2D eigenvalue weighted by atomic mass is 32.2. The predicted octanol–water partition coefficient (Wildman–Crippen LogP) is 1.58. The average molecular weight is 415 g/mol. The maximum absolute atomic E-state index is 12.6. The monoisotopic (exact) mass is 414 g/mol. The van der Waals surface area contributed by atoms with Crippen LogP contribution in [0.4, 0.5) is 5.69 Å². The third-order valence-corrected chi connectivity index (χ3v) is 6.35. The number of thiocarbonyl (C=S) groups is 1. The normalized spacial score (nSPS) is 16.3. The number of benzene rings is 1. The van der Waals surface area contributed by atoms with Crippen LogP contribution in [0.2, 0.25) is 0 Å². The minimum Gasteiger partial charge on any atom is -0.379 e. The van der Waals surface area contributed by atoms with Crippen LogP contribution in [0.15, 0.2) is 29.2 Å². The van der Waals surface area contributed by atoms with Crippen molar-refractivity contribution in [3.05, 3.63) is 24.3 Å². The van der Waals surface area contributed by atoms with Gasteiger partial charge in [0.25, 0.3) is 0 Å². The summed E-state index contributed by atoms with van der Waals surface area (Å²) < 4.78 is 31.9. The highest BCUT2D eigenvalue weighted by Crippen LogP contribution is 2.19. The van der Waals surface area contributed by atoms with E-state index in [2.05, 4.69) is 29.4 Å². The molecule has 1 fully saturated rings. The number of nitrogens with zero attached hydrogens (tertiary/aromatic N) is 2. The Balaban J connectivity index is 1.92. The minimum absolute atomic E-state index is 0.0747. The fourth-order valence-electron chi connectivity index (χ4n) is 3.05. The van der Waals surface area contributed by atoms with Gasteiger partial charge in [0.15, 0.2) is 5.11 Å². The molecule has 0 saturated carbocycles. The summed E-state index contributed by atoms with van der Waals surface area (Å²) in [6, 6.07) is 6.66. The number of nitrogens with one attached hydrogen (secondary N) is 2. The van der Waals surface area contributed by atoms with Crippen LogP contribution in [0.25, 0.3) is 0 Å². The number of hydrogen-bond donors (Lipinski definition) is 2. The topological polar surface area (TPSA) is 73.9 Å². The van der Waals surface area contributed by atoms with Gasteiger partial charge >= 0.3 is 0 Å². The van der Waals surface area contributed by atoms with Crippen LogP contribution in [0.5, 0.6) is 0 Å². The zero-order chi connectivity index (χ0) is 20.1. The predicted molar refractivity (Wildman–Crippen MR) is 113 cm³/mol. The molecule has 0 amide bonds. The van der Waals surface area contributed by atoms with E-state index in [-0.39, 0.29) is 10.3 Å². The van der Waals surface area contributed by atoms with Gasteiger partial charge in [0, 0.05) is 31.9 Å². The lowest BCUT2D eigenvalue weighted by molar-refractivity contribution is 0.0730. The number of rotatable bonds is 7. The molecule has 2 rings (SSSR count). The fraction of sp³-hybridized carbons (Fsp3) is 0.611. The SMILES string of the molecule is CN(C)CC(C)(C)CNC(=S)Nc1ccc(S(=O)(=O)N2CCOCC2)cc1. The zero-order valence-corrected chi connectivity index (χ0v) is 18.1. The van der Waals surface area contributed by atoms with Gasteiger partial charge in [-0.1, -0.05) is 13.8 Å². The van der Waals surface area contributed by atoms with Crippen LogP contribution in [-0.2, 0) is 14.8 Å². The van der Waals surface area contributed by atoms with Gasteiger partial charge < -0.3 is 20.3 Å². The Morgan fingerprint density at radius 2 is 1.81 bits per heavy atom. The van der Waals surface area contributed by atoms with Crippen LogP contribution in [0.1, 0.15) is 13.8 Å². The molecule has 0 aromatic heterocycles. The summed E-state index contributed by atoms with van der Waals surface area (Å²) in [6.45, 7) is 7.67. The van der Waals surface area contributed by atoms with Crippen molar-refractivity contribution in [2.45, 2.75) is 18.7 Å². The summed E-state index contributed by atoms with van der Waals surface area (Å²) in [7, 11) is 0.617. The van der Waals surface area contributed by atoms with Crippen molar-refractivity contribution < 1.29 is 13.2 Å². The average Bonchev–Trinajstić information content (AvgIpc) is 2.60. The van der Waals surface area contributed by atoms with Crippen LogP contribution in [-0.4, -0.2) is 76.2 Å². The van der Waals surface area contributed by atoms with Crippen molar-refractivity contribution >= 4 is 33.0 Å². The molecule has 1 aliphatic rings. The van der Waals surface area contributed by atoms with E-state index in [0.717, 1.165) is 18.8 Å². The van der Waals surface area contributed by atoms with Crippen molar-refractivity contribution in [1.29, 1.82) is 0 Å². The molecule has 0 bridgehead atoms. The molecule has 1 aromatic rings. The number of morpholine rings is 1. The molecule has 9 heteroatoms. The lowest BCUT2D eigenvalue weighted by atomic mass is 9.93. The maximum Gasteiger partial charge on any atom is 0.243 e. The van der Waals surface area contributed by atoms with Crippen molar-refractivity contribution in [2.24, 2.45) is 5.41 Å². The van der Waals surface area contributed by atoms with Gasteiger partial charge in [-0.2, -0.15) is 4.31 Å². The quantitative estimate of drug-likeness (QED) is 0.656. The number of sulfonamides is 1. The fourth-order valence-corrected chi connectivity index (χ4v) is 4.65. The summed E-state index contributed by atoms with van der Waals surface area (Å²) >= 11 is 5.35. The number of ether oxygens (including phenoxy) is 1. The molecular weight excluding hydrogens is 384 g/mol. The van der Waals surface area contributed by atoms with Gasteiger partial charge in [-0.15, -0.1) is 0 Å². The first-order valence-electron chi connectivity index (χ1n) is 8.98. The van der Waals surface area contributed by atoms with E-state index < -0.39 is 10.0 Å². The van der Waals surface area contributed by atoms with Gasteiger partial charge in [0.05, 0.1) is 18.1 Å². The van der Waals surface area contributed by atoms with E-state index in [1.165, 1.54) is 4.31 Å². The van der Waals surface area contributed by atoms with E-state index in [1.54, 1.807) is 24.3 Å². The van der Waals surface area contributed by atoms with Gasteiger partial charge in [-0.05, 0) is 56.0 Å². The van der Waals surface area contributed by atoms with E-state index in [4.69, 9.17) is 17.0 Å². The molecular formula is C18H30N4O3S2. The van der Waals surface area contributed by atoms with Crippen LogP contribution < -0.4 is 10.6 Å². The molecule has 1 heterocycles. The smallest absolute Gasteiger partial charge is 0.243 e. The number of hydrogen-bond acceptors (Lipinski definition) is 5. The van der Waals surface area contributed by atoms with E-state index >= 15 is 0 Å². The summed E-state index contributed by atoms with van der Waals surface area (Å²) in [6.07, 6.45) is 0. The Morgan fingerprint density at radius 1 is 1.22 bits per heavy atom. The first-order chi connectivity index (χ1) is 12.6. The van der Waals surface area contributed by atoms with Gasteiger partial charge in [0.2, 0.25) is 10.0 Å². The Labute approximate surface area is 168 Å². The van der Waals surface area contributed by atoms with Crippen molar-refractivity contribution in [2.75, 3.05) is 58.8 Å². The van der Waals surface area contributed by atoms with Crippen LogP contribution in [0, 0.1) is 5.41 Å². The maximum atomic E-state index is 12.6. The third kappa shape index (κ3) is 6.69. The van der Waals surface area contributed by atoms with E-state index in [1.807, 2.05) is 14.1 Å².